The average molecular weight is 300 g/mol. The number of nitrogens with two attached hydrogens (primary N) is 1. The van der Waals surface area contributed by atoms with Crippen LogP contribution in [0.4, 0.5) is 0 Å². The van der Waals surface area contributed by atoms with Crippen LogP contribution in [0.5, 0.6) is 0 Å². The maximum atomic E-state index is 12.6. The fraction of sp³-hybridized carbons (Fsp3) is 0.867. The summed E-state index contributed by atoms with van der Waals surface area (Å²) in [6.07, 6.45) is 2.77. The van der Waals surface area contributed by atoms with Crippen LogP contribution in [0.1, 0.15) is 53.4 Å². The van der Waals surface area contributed by atoms with Gasteiger partial charge in [-0.2, -0.15) is 0 Å². The zero-order valence-electron chi connectivity index (χ0n) is 14.1. The summed E-state index contributed by atoms with van der Waals surface area (Å²) >= 11 is 0. The van der Waals surface area contributed by atoms with Crippen LogP contribution in [-0.2, 0) is 4.79 Å². The number of carbonyl (C=O) groups excluding carboxylic acids is 1. The van der Waals surface area contributed by atoms with Crippen LogP contribution in [0.2, 0.25) is 0 Å². The standard InChI is InChI=1S/C15H32N4O2/c1-6-8-15(9-7-2,13(16)18-21)14(20)17-10-11-19(5)12(3)4/h12,21H,6-11H2,1-5H3,(H2,16,18)(H,17,20). The van der Waals surface area contributed by atoms with E-state index in [2.05, 4.69) is 29.2 Å². The van der Waals surface area contributed by atoms with Crippen LogP contribution >= 0.6 is 0 Å². The normalized spacial score (nSPS) is 13.0. The number of rotatable bonds is 10. The highest BCUT2D eigenvalue weighted by molar-refractivity contribution is 6.06. The number of hydrogen-bond donors (Lipinski definition) is 3. The minimum atomic E-state index is -0.894. The Labute approximate surface area is 128 Å². The van der Waals surface area contributed by atoms with Gasteiger partial charge in [-0.15, -0.1) is 0 Å². The predicted octanol–water partition coefficient (Wildman–Crippen LogP) is 1.78. The molecule has 0 unspecified atom stereocenters. The van der Waals surface area contributed by atoms with Crippen LogP contribution in [0.3, 0.4) is 0 Å². The van der Waals surface area contributed by atoms with Crippen molar-refractivity contribution in [2.24, 2.45) is 16.3 Å². The number of oxime groups is 1. The van der Waals surface area contributed by atoms with Crippen molar-refractivity contribution in [3.05, 3.63) is 0 Å². The Hall–Kier alpha value is -1.30. The van der Waals surface area contributed by atoms with Crippen LogP contribution in [0.15, 0.2) is 5.16 Å². The van der Waals surface area contributed by atoms with E-state index in [-0.39, 0.29) is 11.7 Å². The molecule has 0 aliphatic rings. The molecule has 0 heterocycles. The zero-order chi connectivity index (χ0) is 16.5. The molecule has 21 heavy (non-hydrogen) atoms. The van der Waals surface area contributed by atoms with Crippen LogP contribution in [0, 0.1) is 5.41 Å². The number of nitrogens with one attached hydrogen (secondary N) is 1. The fourth-order valence-electron chi connectivity index (χ4n) is 2.45. The lowest BCUT2D eigenvalue weighted by atomic mass is 9.77. The molecule has 0 aromatic heterocycles. The highest BCUT2D eigenvalue weighted by Crippen LogP contribution is 2.30. The van der Waals surface area contributed by atoms with E-state index in [4.69, 9.17) is 10.9 Å². The van der Waals surface area contributed by atoms with Crippen LogP contribution in [0.25, 0.3) is 0 Å². The summed E-state index contributed by atoms with van der Waals surface area (Å²) in [6.45, 7) is 9.53. The third kappa shape index (κ3) is 5.53. The second-order valence-electron chi connectivity index (χ2n) is 5.90. The van der Waals surface area contributed by atoms with Crippen molar-refractivity contribution in [1.29, 1.82) is 0 Å². The minimum absolute atomic E-state index is 0.0147. The Morgan fingerprint density at radius 3 is 2.24 bits per heavy atom. The summed E-state index contributed by atoms with van der Waals surface area (Å²) < 4.78 is 0. The van der Waals surface area contributed by atoms with E-state index in [1.165, 1.54) is 0 Å². The van der Waals surface area contributed by atoms with Gasteiger partial charge in [0.05, 0.1) is 0 Å². The number of amides is 1. The number of carbonyl (C=O) groups is 1. The van der Waals surface area contributed by atoms with E-state index in [1.54, 1.807) is 0 Å². The van der Waals surface area contributed by atoms with Crippen LogP contribution in [-0.4, -0.2) is 48.0 Å². The lowest BCUT2D eigenvalue weighted by molar-refractivity contribution is -0.128. The van der Waals surface area contributed by atoms with Gasteiger partial charge in [-0.25, -0.2) is 0 Å². The first-order valence-electron chi connectivity index (χ1n) is 7.82. The molecule has 0 aliphatic heterocycles. The summed E-state index contributed by atoms with van der Waals surface area (Å²) in [5, 5.41) is 15.1. The van der Waals surface area contributed by atoms with Gasteiger partial charge in [0.1, 0.15) is 5.41 Å². The van der Waals surface area contributed by atoms with Crippen molar-refractivity contribution in [2.75, 3.05) is 20.1 Å². The molecule has 6 heteroatoms. The van der Waals surface area contributed by atoms with Gasteiger partial charge in [-0.1, -0.05) is 31.8 Å². The molecule has 0 rings (SSSR count). The van der Waals surface area contributed by atoms with E-state index in [0.29, 0.717) is 25.4 Å². The molecule has 0 aromatic carbocycles. The first-order chi connectivity index (χ1) is 9.85. The van der Waals surface area contributed by atoms with Gasteiger partial charge < -0.3 is 21.2 Å². The highest BCUT2D eigenvalue weighted by Gasteiger charge is 2.41. The molecule has 124 valence electrons. The predicted molar refractivity (Wildman–Crippen MR) is 86.4 cm³/mol. The Bertz CT molecular complexity index is 337. The maximum absolute atomic E-state index is 12.6. The van der Waals surface area contributed by atoms with Crippen molar-refractivity contribution in [1.82, 2.24) is 10.2 Å². The SMILES string of the molecule is CCCC(CCC)(C(=O)NCCN(C)C(C)C)C(N)=NO. The zero-order valence-corrected chi connectivity index (χ0v) is 14.1. The largest absolute Gasteiger partial charge is 0.409 e. The molecule has 1 amide bonds. The molecule has 0 spiro atoms. The van der Waals surface area contributed by atoms with Gasteiger partial charge in [0.2, 0.25) is 5.91 Å². The Morgan fingerprint density at radius 2 is 1.86 bits per heavy atom. The smallest absolute Gasteiger partial charge is 0.233 e. The van der Waals surface area contributed by atoms with Crippen molar-refractivity contribution in [3.8, 4) is 0 Å². The van der Waals surface area contributed by atoms with Gasteiger partial charge in [0.25, 0.3) is 0 Å². The van der Waals surface area contributed by atoms with E-state index in [1.807, 2.05) is 20.9 Å². The summed E-state index contributed by atoms with van der Waals surface area (Å²) in [5.74, 6) is -0.125. The maximum Gasteiger partial charge on any atom is 0.233 e. The number of hydrogen-bond acceptors (Lipinski definition) is 4. The van der Waals surface area contributed by atoms with Gasteiger partial charge in [-0.05, 0) is 33.7 Å². The highest BCUT2D eigenvalue weighted by atomic mass is 16.4. The Balaban J connectivity index is 4.87. The second kappa shape index (κ2) is 9.60. The quantitative estimate of drug-likeness (QED) is 0.248. The molecular weight excluding hydrogens is 268 g/mol. The average Bonchev–Trinajstić information content (AvgIpc) is 2.45. The molecule has 0 saturated heterocycles. The molecule has 0 radical (unpaired) electrons. The van der Waals surface area contributed by atoms with Gasteiger partial charge >= 0.3 is 0 Å². The van der Waals surface area contributed by atoms with Crippen molar-refractivity contribution < 1.29 is 10.0 Å². The molecule has 0 atom stereocenters. The van der Waals surface area contributed by atoms with Crippen LogP contribution < -0.4 is 11.1 Å². The molecule has 0 fully saturated rings. The molecule has 0 aliphatic carbocycles. The second-order valence-corrected chi connectivity index (χ2v) is 5.90. The summed E-state index contributed by atoms with van der Waals surface area (Å²) in [5.41, 5.74) is 4.94. The first kappa shape index (κ1) is 19.7. The molecule has 0 aromatic rings. The number of amidine groups is 1. The van der Waals surface area contributed by atoms with Gasteiger partial charge in [-0.3, -0.25) is 4.79 Å². The fourth-order valence-corrected chi connectivity index (χ4v) is 2.45. The van der Waals surface area contributed by atoms with E-state index < -0.39 is 5.41 Å². The molecule has 0 bridgehead atoms. The van der Waals surface area contributed by atoms with Crippen molar-refractivity contribution in [3.63, 3.8) is 0 Å². The topological polar surface area (TPSA) is 91.0 Å². The molecule has 6 nitrogen and oxygen atoms in total. The third-order valence-electron chi connectivity index (χ3n) is 4.02. The lowest BCUT2D eigenvalue weighted by Gasteiger charge is -2.31. The Morgan fingerprint density at radius 1 is 1.33 bits per heavy atom. The van der Waals surface area contributed by atoms with E-state index in [9.17, 15) is 4.79 Å². The van der Waals surface area contributed by atoms with Crippen molar-refractivity contribution >= 4 is 11.7 Å². The number of nitrogens with zero attached hydrogens (tertiary/aromatic N) is 2. The molecule has 0 saturated carbocycles. The summed E-state index contributed by atoms with van der Waals surface area (Å²) in [7, 11) is 2.02. The van der Waals surface area contributed by atoms with Gasteiger partial charge in [0, 0.05) is 19.1 Å². The molecule has 4 N–H and O–H groups in total. The first-order valence-corrected chi connectivity index (χ1v) is 7.82. The molecular formula is C15H32N4O2. The number of likely N-dealkylation sites (N-methyl/N-ethyl adjacent to an activating group) is 1. The third-order valence-corrected chi connectivity index (χ3v) is 4.02. The lowest BCUT2D eigenvalue weighted by Crippen LogP contribution is -2.51. The van der Waals surface area contributed by atoms with Gasteiger partial charge in [0.15, 0.2) is 5.84 Å². The monoisotopic (exact) mass is 300 g/mol. The minimum Gasteiger partial charge on any atom is -0.409 e. The summed E-state index contributed by atoms with van der Waals surface area (Å²) in [4.78, 5) is 14.8. The Kier molecular flexibility index (Phi) is 9.01. The van der Waals surface area contributed by atoms with E-state index >= 15 is 0 Å². The summed E-state index contributed by atoms with van der Waals surface area (Å²) in [6, 6.07) is 0.432. The van der Waals surface area contributed by atoms with Crippen molar-refractivity contribution in [2.45, 2.75) is 59.4 Å². The van der Waals surface area contributed by atoms with E-state index in [0.717, 1.165) is 19.4 Å².